The van der Waals surface area contributed by atoms with Crippen molar-refractivity contribution in [2.75, 3.05) is 0 Å². The van der Waals surface area contributed by atoms with Gasteiger partial charge in [0.15, 0.2) is 0 Å². The predicted octanol–water partition coefficient (Wildman–Crippen LogP) is 2.00. The minimum absolute atomic E-state index is 0. The molecule has 0 aliphatic carbocycles. The number of carboxylic acids is 1. The maximum atomic E-state index is 10.6. The summed E-state index contributed by atoms with van der Waals surface area (Å²) < 4.78 is 0. The Balaban J connectivity index is 0.00000121. The molecule has 0 bridgehead atoms. The van der Waals surface area contributed by atoms with E-state index in [1.807, 2.05) is 19.9 Å². The molecule has 0 spiro atoms. The fourth-order valence-corrected chi connectivity index (χ4v) is 0.983. The van der Waals surface area contributed by atoms with E-state index in [-0.39, 0.29) is 19.5 Å². The first-order valence-electron chi connectivity index (χ1n) is 3.42. The Hall–Kier alpha value is -0.687. The van der Waals surface area contributed by atoms with Crippen LogP contribution in [0.15, 0.2) is 18.2 Å². The van der Waals surface area contributed by atoms with Gasteiger partial charge in [0.1, 0.15) is 0 Å². The number of rotatable bonds is 1. The third kappa shape index (κ3) is 2.15. The van der Waals surface area contributed by atoms with Gasteiger partial charge in [-0.2, -0.15) is 0 Å². The molecule has 3 heteroatoms. The molecule has 1 aromatic carbocycles. The number of aryl methyl sites for hydroxylation is 1. The third-order valence-electron chi connectivity index (χ3n) is 1.84. The minimum Gasteiger partial charge on any atom is -0.478 e. The number of benzene rings is 1. The summed E-state index contributed by atoms with van der Waals surface area (Å²) in [6.45, 7) is 3.72. The monoisotopic (exact) mass is 214 g/mol. The maximum absolute atomic E-state index is 10.6. The van der Waals surface area contributed by atoms with E-state index in [9.17, 15) is 4.79 Å². The van der Waals surface area contributed by atoms with Crippen LogP contribution in [0.25, 0.3) is 0 Å². The standard InChI is InChI=1S/C9H10O2.Zn/c1-6-4-3-5-8(7(6)2)9(10)11;/h3-5H,1-2H3,(H,10,11);. The van der Waals surface area contributed by atoms with Gasteiger partial charge < -0.3 is 5.11 Å². The smallest absolute Gasteiger partial charge is 0.335 e. The average molecular weight is 216 g/mol. The summed E-state index contributed by atoms with van der Waals surface area (Å²) in [5.41, 5.74) is 2.26. The van der Waals surface area contributed by atoms with Gasteiger partial charge in [0.2, 0.25) is 0 Å². The molecule has 1 rings (SSSR count). The summed E-state index contributed by atoms with van der Waals surface area (Å²) in [5, 5.41) is 8.69. The quantitative estimate of drug-likeness (QED) is 0.728. The van der Waals surface area contributed by atoms with Crippen LogP contribution in [0, 0.1) is 13.8 Å². The fourth-order valence-electron chi connectivity index (χ4n) is 0.983. The van der Waals surface area contributed by atoms with E-state index in [0.29, 0.717) is 5.56 Å². The molecule has 0 aromatic heterocycles. The minimum atomic E-state index is -0.855. The van der Waals surface area contributed by atoms with Gasteiger partial charge in [0.05, 0.1) is 5.56 Å². The number of carbonyl (C=O) groups is 1. The van der Waals surface area contributed by atoms with Gasteiger partial charge in [-0.15, -0.1) is 0 Å². The SMILES string of the molecule is Cc1cccc(C(=O)O)c1C.[Zn]. The number of hydrogen-bond donors (Lipinski definition) is 1. The Labute approximate surface area is 84.4 Å². The van der Waals surface area contributed by atoms with E-state index < -0.39 is 5.97 Å². The molecule has 0 heterocycles. The molecule has 0 fully saturated rings. The zero-order chi connectivity index (χ0) is 8.43. The molecule has 0 saturated carbocycles. The fraction of sp³-hybridized carbons (Fsp3) is 0.222. The van der Waals surface area contributed by atoms with Crippen LogP contribution in [-0.2, 0) is 19.5 Å². The number of hydrogen-bond acceptors (Lipinski definition) is 1. The van der Waals surface area contributed by atoms with Crippen LogP contribution in [0.3, 0.4) is 0 Å². The molecule has 60 valence electrons. The van der Waals surface area contributed by atoms with E-state index in [1.54, 1.807) is 12.1 Å². The summed E-state index contributed by atoms with van der Waals surface area (Å²) in [5.74, 6) is -0.855. The van der Waals surface area contributed by atoms with Crippen molar-refractivity contribution in [3.05, 3.63) is 34.9 Å². The molecular weight excluding hydrogens is 205 g/mol. The molecule has 0 unspecified atom stereocenters. The van der Waals surface area contributed by atoms with Crippen molar-refractivity contribution in [3.8, 4) is 0 Å². The van der Waals surface area contributed by atoms with Crippen LogP contribution in [0.1, 0.15) is 21.5 Å². The Morgan fingerprint density at radius 3 is 2.33 bits per heavy atom. The van der Waals surface area contributed by atoms with E-state index in [4.69, 9.17) is 5.11 Å². The Morgan fingerprint density at radius 1 is 1.33 bits per heavy atom. The van der Waals surface area contributed by atoms with Crippen LogP contribution in [-0.4, -0.2) is 11.1 Å². The second-order valence-electron chi connectivity index (χ2n) is 2.55. The van der Waals surface area contributed by atoms with Crippen LogP contribution >= 0.6 is 0 Å². The topological polar surface area (TPSA) is 37.3 Å². The molecule has 0 atom stereocenters. The second kappa shape index (κ2) is 4.37. The van der Waals surface area contributed by atoms with Gasteiger partial charge in [0, 0.05) is 19.5 Å². The van der Waals surface area contributed by atoms with Crippen molar-refractivity contribution >= 4 is 5.97 Å². The van der Waals surface area contributed by atoms with Crippen LogP contribution in [0.5, 0.6) is 0 Å². The molecular formula is C9H10O2Zn. The Bertz CT molecular complexity index is 295. The van der Waals surface area contributed by atoms with Crippen molar-refractivity contribution in [1.29, 1.82) is 0 Å². The van der Waals surface area contributed by atoms with E-state index in [0.717, 1.165) is 11.1 Å². The summed E-state index contributed by atoms with van der Waals surface area (Å²) in [7, 11) is 0. The number of aromatic carboxylic acids is 1. The zero-order valence-electron chi connectivity index (χ0n) is 7.29. The normalized spacial score (nSPS) is 8.83. The second-order valence-corrected chi connectivity index (χ2v) is 2.55. The van der Waals surface area contributed by atoms with Crippen molar-refractivity contribution in [1.82, 2.24) is 0 Å². The van der Waals surface area contributed by atoms with E-state index in [2.05, 4.69) is 0 Å². The van der Waals surface area contributed by atoms with Crippen LogP contribution < -0.4 is 0 Å². The molecule has 0 radical (unpaired) electrons. The maximum Gasteiger partial charge on any atom is 0.335 e. The first-order valence-corrected chi connectivity index (χ1v) is 3.42. The molecule has 1 N–H and O–H groups in total. The van der Waals surface area contributed by atoms with Crippen molar-refractivity contribution in [2.45, 2.75) is 13.8 Å². The molecule has 0 amide bonds. The predicted molar refractivity (Wildman–Crippen MR) is 42.9 cm³/mol. The van der Waals surface area contributed by atoms with Gasteiger partial charge in [-0.1, -0.05) is 12.1 Å². The van der Waals surface area contributed by atoms with Crippen LogP contribution in [0.2, 0.25) is 0 Å². The molecule has 1 aromatic rings. The van der Waals surface area contributed by atoms with Gasteiger partial charge in [0.25, 0.3) is 0 Å². The molecule has 0 saturated heterocycles. The van der Waals surface area contributed by atoms with E-state index >= 15 is 0 Å². The molecule has 12 heavy (non-hydrogen) atoms. The van der Waals surface area contributed by atoms with Crippen molar-refractivity contribution < 1.29 is 29.4 Å². The summed E-state index contributed by atoms with van der Waals surface area (Å²) in [4.78, 5) is 10.6. The van der Waals surface area contributed by atoms with Crippen molar-refractivity contribution in [2.24, 2.45) is 0 Å². The average Bonchev–Trinajstić information content (AvgIpc) is 1.94. The van der Waals surface area contributed by atoms with Gasteiger partial charge in [-0.3, -0.25) is 0 Å². The van der Waals surface area contributed by atoms with Crippen molar-refractivity contribution in [3.63, 3.8) is 0 Å². The first-order chi connectivity index (χ1) is 5.13. The number of carboxylic acid groups (broad SMARTS) is 1. The van der Waals surface area contributed by atoms with Gasteiger partial charge >= 0.3 is 5.97 Å². The third-order valence-corrected chi connectivity index (χ3v) is 1.84. The van der Waals surface area contributed by atoms with Gasteiger partial charge in [-0.25, -0.2) is 4.79 Å². The summed E-state index contributed by atoms with van der Waals surface area (Å²) in [6.07, 6.45) is 0. The zero-order valence-corrected chi connectivity index (χ0v) is 10.3. The van der Waals surface area contributed by atoms with Crippen LogP contribution in [0.4, 0.5) is 0 Å². The largest absolute Gasteiger partial charge is 0.478 e. The van der Waals surface area contributed by atoms with Gasteiger partial charge in [-0.05, 0) is 31.0 Å². The summed E-state index contributed by atoms with van der Waals surface area (Å²) >= 11 is 0. The first kappa shape index (κ1) is 11.3. The molecule has 0 aliphatic rings. The summed E-state index contributed by atoms with van der Waals surface area (Å²) in [6, 6.07) is 5.28. The molecule has 2 nitrogen and oxygen atoms in total. The van der Waals surface area contributed by atoms with E-state index in [1.165, 1.54) is 0 Å². The Kier molecular flexibility index (Phi) is 4.12. The molecule has 0 aliphatic heterocycles. The Morgan fingerprint density at radius 2 is 1.92 bits per heavy atom.